The molecule has 0 spiro atoms. The Kier molecular flexibility index (Phi) is 1.46. The number of nitrogens with one attached hydrogen (secondary N) is 1. The van der Waals surface area contributed by atoms with Crippen molar-refractivity contribution in [2.24, 2.45) is 5.92 Å². The van der Waals surface area contributed by atoms with Crippen LogP contribution in [0.25, 0.3) is 0 Å². The van der Waals surface area contributed by atoms with Crippen molar-refractivity contribution in [1.29, 1.82) is 0 Å². The van der Waals surface area contributed by atoms with Gasteiger partial charge in [-0.2, -0.15) is 0 Å². The van der Waals surface area contributed by atoms with E-state index in [-0.39, 0.29) is 0 Å². The van der Waals surface area contributed by atoms with Crippen LogP contribution in [0.4, 0.5) is 0 Å². The first-order valence-corrected chi connectivity index (χ1v) is 4.17. The van der Waals surface area contributed by atoms with Gasteiger partial charge in [0.1, 0.15) is 0 Å². The molecule has 58 valence electrons. The minimum atomic E-state index is 0.845. The largest absolute Gasteiger partial charge is 0.314 e. The van der Waals surface area contributed by atoms with Crippen LogP contribution < -0.4 is 5.32 Å². The van der Waals surface area contributed by atoms with Gasteiger partial charge in [-0.3, -0.25) is 0 Å². The Hall–Kier alpha value is -0.0800. The first-order valence-electron chi connectivity index (χ1n) is 4.17. The summed E-state index contributed by atoms with van der Waals surface area (Å²) in [5.74, 6) is 0.944. The highest BCUT2D eigenvalue weighted by Gasteiger charge is 2.39. The molecule has 1 aliphatic heterocycles. The normalized spacial score (nSPS) is 45.3. The minimum absolute atomic E-state index is 0.845. The van der Waals surface area contributed by atoms with Crippen molar-refractivity contribution in [3.8, 4) is 0 Å². The van der Waals surface area contributed by atoms with E-state index in [0.717, 1.165) is 18.0 Å². The van der Waals surface area contributed by atoms with E-state index < -0.39 is 0 Å². The Balaban J connectivity index is 2.02. The molecule has 2 bridgehead atoms. The van der Waals surface area contributed by atoms with Gasteiger partial charge in [-0.15, -0.1) is 0 Å². The number of fused-ring (bicyclic) bond motifs is 2. The second-order valence-electron chi connectivity index (χ2n) is 3.87. The van der Waals surface area contributed by atoms with Crippen molar-refractivity contribution >= 4 is 0 Å². The smallest absolute Gasteiger partial charge is 0.0145 e. The molecular weight excluding hydrogens is 124 g/mol. The molecule has 0 radical (unpaired) electrons. The first kappa shape index (κ1) is 6.62. The van der Waals surface area contributed by atoms with Gasteiger partial charge >= 0.3 is 0 Å². The second kappa shape index (κ2) is 2.21. The summed E-state index contributed by atoms with van der Waals surface area (Å²) in [5.41, 5.74) is 0. The van der Waals surface area contributed by atoms with E-state index in [9.17, 15) is 0 Å². The Morgan fingerprint density at radius 3 is 2.40 bits per heavy atom. The lowest BCUT2D eigenvalue weighted by Crippen LogP contribution is -2.40. The molecule has 2 nitrogen and oxygen atoms in total. The Bertz CT molecular complexity index is 133. The van der Waals surface area contributed by atoms with Gasteiger partial charge in [-0.1, -0.05) is 0 Å². The fraction of sp³-hybridized carbons (Fsp3) is 1.00. The van der Waals surface area contributed by atoms with Gasteiger partial charge in [0.05, 0.1) is 0 Å². The summed E-state index contributed by atoms with van der Waals surface area (Å²) in [6.07, 6.45) is 2.79. The molecule has 2 aliphatic rings. The van der Waals surface area contributed by atoms with E-state index in [2.05, 4.69) is 24.3 Å². The average Bonchev–Trinajstić information content (AvgIpc) is 2.44. The number of rotatable bonds is 1. The Morgan fingerprint density at radius 1 is 1.30 bits per heavy atom. The van der Waals surface area contributed by atoms with Crippen LogP contribution in [0.5, 0.6) is 0 Å². The first-order chi connectivity index (χ1) is 4.77. The van der Waals surface area contributed by atoms with Gasteiger partial charge in [0.2, 0.25) is 0 Å². The summed E-state index contributed by atoms with van der Waals surface area (Å²) >= 11 is 0. The third kappa shape index (κ3) is 0.867. The van der Waals surface area contributed by atoms with Crippen molar-refractivity contribution < 1.29 is 0 Å². The lowest BCUT2D eigenvalue weighted by molar-refractivity contribution is 0.220. The van der Waals surface area contributed by atoms with Gasteiger partial charge in [0, 0.05) is 12.1 Å². The Morgan fingerprint density at radius 2 is 2.10 bits per heavy atom. The standard InChI is InChI=1S/C8H16N2/c1-10(2)8-4-7-3-6(8)5-9-7/h6-9H,3-5H2,1-2H3. The molecule has 1 saturated heterocycles. The molecule has 2 rings (SSSR count). The monoisotopic (exact) mass is 140 g/mol. The molecule has 1 heterocycles. The average molecular weight is 140 g/mol. The van der Waals surface area contributed by atoms with Gasteiger partial charge in [-0.05, 0) is 39.4 Å². The van der Waals surface area contributed by atoms with E-state index in [4.69, 9.17) is 0 Å². The highest BCUT2D eigenvalue weighted by Crippen LogP contribution is 2.33. The van der Waals surface area contributed by atoms with Crippen LogP contribution in [0.2, 0.25) is 0 Å². The highest BCUT2D eigenvalue weighted by molar-refractivity contribution is 4.98. The lowest BCUT2D eigenvalue weighted by atomic mass is 10.0. The van der Waals surface area contributed by atoms with Crippen LogP contribution in [-0.4, -0.2) is 37.6 Å². The van der Waals surface area contributed by atoms with Crippen LogP contribution in [0.1, 0.15) is 12.8 Å². The van der Waals surface area contributed by atoms with Crippen LogP contribution in [0.15, 0.2) is 0 Å². The summed E-state index contributed by atoms with van der Waals surface area (Å²) in [7, 11) is 4.40. The zero-order chi connectivity index (χ0) is 7.14. The molecule has 0 aromatic carbocycles. The summed E-state index contributed by atoms with van der Waals surface area (Å²) in [5, 5.41) is 3.51. The molecule has 2 heteroatoms. The molecule has 10 heavy (non-hydrogen) atoms. The molecule has 0 aromatic heterocycles. The van der Waals surface area contributed by atoms with Crippen molar-refractivity contribution in [2.75, 3.05) is 20.6 Å². The fourth-order valence-corrected chi connectivity index (χ4v) is 2.44. The number of hydrogen-bond donors (Lipinski definition) is 1. The van der Waals surface area contributed by atoms with Crippen LogP contribution in [-0.2, 0) is 0 Å². The number of piperidine rings is 1. The van der Waals surface area contributed by atoms with E-state index in [1.165, 1.54) is 19.4 Å². The quantitative estimate of drug-likeness (QED) is 0.563. The van der Waals surface area contributed by atoms with Crippen LogP contribution >= 0.6 is 0 Å². The molecule has 2 fully saturated rings. The molecule has 3 atom stereocenters. The van der Waals surface area contributed by atoms with Gasteiger partial charge in [-0.25, -0.2) is 0 Å². The molecule has 0 amide bonds. The Labute approximate surface area is 62.6 Å². The van der Waals surface area contributed by atoms with Crippen molar-refractivity contribution in [3.63, 3.8) is 0 Å². The molecule has 3 unspecified atom stereocenters. The molecule has 1 N–H and O–H groups in total. The van der Waals surface area contributed by atoms with Gasteiger partial charge in [0.15, 0.2) is 0 Å². The van der Waals surface area contributed by atoms with E-state index in [1.54, 1.807) is 0 Å². The van der Waals surface area contributed by atoms with E-state index >= 15 is 0 Å². The maximum absolute atomic E-state index is 3.51. The van der Waals surface area contributed by atoms with E-state index in [1.807, 2.05) is 0 Å². The maximum Gasteiger partial charge on any atom is 0.0145 e. The fourth-order valence-electron chi connectivity index (χ4n) is 2.44. The molecule has 0 aromatic rings. The minimum Gasteiger partial charge on any atom is -0.314 e. The molecular formula is C8H16N2. The number of nitrogens with zero attached hydrogens (tertiary/aromatic N) is 1. The summed E-state index contributed by atoms with van der Waals surface area (Å²) in [4.78, 5) is 2.38. The molecule has 1 saturated carbocycles. The van der Waals surface area contributed by atoms with Gasteiger partial charge < -0.3 is 10.2 Å². The third-order valence-corrected chi connectivity index (χ3v) is 2.99. The van der Waals surface area contributed by atoms with Crippen molar-refractivity contribution in [3.05, 3.63) is 0 Å². The van der Waals surface area contributed by atoms with Crippen LogP contribution in [0.3, 0.4) is 0 Å². The van der Waals surface area contributed by atoms with Crippen molar-refractivity contribution in [1.82, 2.24) is 10.2 Å². The maximum atomic E-state index is 3.51. The summed E-state index contributed by atoms with van der Waals surface area (Å²) in [6, 6.07) is 1.71. The topological polar surface area (TPSA) is 15.3 Å². The summed E-state index contributed by atoms with van der Waals surface area (Å²) in [6.45, 7) is 1.26. The summed E-state index contributed by atoms with van der Waals surface area (Å²) < 4.78 is 0. The highest BCUT2D eigenvalue weighted by atomic mass is 15.1. The predicted octanol–water partition coefficient (Wildman–Crippen LogP) is 0.298. The zero-order valence-corrected chi connectivity index (χ0v) is 6.80. The second-order valence-corrected chi connectivity index (χ2v) is 3.87. The lowest BCUT2D eigenvalue weighted by Gasteiger charge is -2.28. The predicted molar refractivity (Wildman–Crippen MR) is 42.0 cm³/mol. The van der Waals surface area contributed by atoms with Gasteiger partial charge in [0.25, 0.3) is 0 Å². The van der Waals surface area contributed by atoms with E-state index in [0.29, 0.717) is 0 Å². The SMILES string of the molecule is CN(C)C1CC2CC1CN2. The number of hydrogen-bond acceptors (Lipinski definition) is 2. The molecule has 1 aliphatic carbocycles. The van der Waals surface area contributed by atoms with Crippen molar-refractivity contribution in [2.45, 2.75) is 24.9 Å². The third-order valence-electron chi connectivity index (χ3n) is 2.99. The zero-order valence-electron chi connectivity index (χ0n) is 6.80. The van der Waals surface area contributed by atoms with Crippen LogP contribution in [0, 0.1) is 5.92 Å².